The van der Waals surface area contributed by atoms with Crippen LogP contribution in [0.25, 0.3) is 10.9 Å². The Morgan fingerprint density at radius 1 is 1.02 bits per heavy atom. The number of hydrogen-bond donors (Lipinski definition) is 2. The first kappa shape index (κ1) is 30.9. The number of amides is 3. The summed E-state index contributed by atoms with van der Waals surface area (Å²) >= 11 is 0. The van der Waals surface area contributed by atoms with Crippen molar-refractivity contribution in [2.24, 2.45) is 0 Å². The van der Waals surface area contributed by atoms with Gasteiger partial charge in [-0.3, -0.25) is 9.59 Å². The molecule has 2 fully saturated rings. The van der Waals surface area contributed by atoms with Crippen molar-refractivity contribution in [1.82, 2.24) is 23.8 Å². The number of aryl methyl sites for hydroxylation is 1. The van der Waals surface area contributed by atoms with Crippen LogP contribution in [0.2, 0.25) is 0 Å². The number of fused-ring (bicyclic) bond motifs is 2. The molecule has 46 heavy (non-hydrogen) atoms. The number of benzene rings is 3. The van der Waals surface area contributed by atoms with E-state index in [0.717, 1.165) is 10.6 Å². The average Bonchev–Trinajstić information content (AvgIpc) is 3.39. The summed E-state index contributed by atoms with van der Waals surface area (Å²) in [6.45, 7) is 5.24. The highest BCUT2D eigenvalue weighted by Crippen LogP contribution is 2.32. The van der Waals surface area contributed by atoms with E-state index in [9.17, 15) is 33.0 Å². The number of rotatable bonds is 8. The molecule has 2 atom stereocenters. The smallest absolute Gasteiger partial charge is 0.424 e. The molecular weight excluding hydrogens is 610 g/mol. The Balaban J connectivity index is 1.42. The minimum atomic E-state index is -3.99. The van der Waals surface area contributed by atoms with Crippen LogP contribution in [0.15, 0.2) is 96.5 Å². The minimum Gasteiger partial charge on any atom is -0.508 e. The lowest BCUT2D eigenvalue weighted by atomic mass is 9.98. The summed E-state index contributed by atoms with van der Waals surface area (Å²) in [5.41, 5.74) is 2.56. The lowest BCUT2D eigenvalue weighted by molar-refractivity contribution is -0.192. The molecule has 4 aromatic rings. The zero-order chi connectivity index (χ0) is 32.7. The molecule has 2 aliphatic heterocycles. The molecule has 0 saturated carbocycles. The van der Waals surface area contributed by atoms with Crippen LogP contribution in [0.3, 0.4) is 0 Å². The fourth-order valence-corrected chi connectivity index (χ4v) is 7.65. The predicted molar refractivity (Wildman–Crippen MR) is 169 cm³/mol. The quantitative estimate of drug-likeness (QED) is 0.278. The van der Waals surface area contributed by atoms with Gasteiger partial charge in [0.25, 0.3) is 10.0 Å². The molecule has 3 heterocycles. The zero-order valence-electron chi connectivity index (χ0n) is 25.1. The van der Waals surface area contributed by atoms with Crippen molar-refractivity contribution in [1.29, 1.82) is 0 Å². The van der Waals surface area contributed by atoms with Gasteiger partial charge in [-0.1, -0.05) is 54.1 Å². The third-order valence-electron chi connectivity index (χ3n) is 8.43. The van der Waals surface area contributed by atoms with Crippen molar-refractivity contribution >= 4 is 38.8 Å². The van der Waals surface area contributed by atoms with Gasteiger partial charge in [0.1, 0.15) is 18.0 Å². The number of phenolic OH excluding ortho intramolecular Hbond substituents is 1. The van der Waals surface area contributed by atoms with E-state index >= 15 is 0 Å². The van der Waals surface area contributed by atoms with Crippen LogP contribution in [0.5, 0.6) is 5.75 Å². The Hall–Kier alpha value is -5.14. The van der Waals surface area contributed by atoms with Crippen molar-refractivity contribution < 1.29 is 33.0 Å². The van der Waals surface area contributed by atoms with Gasteiger partial charge in [-0.05, 0) is 48.4 Å². The van der Waals surface area contributed by atoms with Gasteiger partial charge in [-0.25, -0.2) is 27.2 Å². The number of nitrogens with zero attached hydrogens (tertiary/aromatic N) is 5. The van der Waals surface area contributed by atoms with Crippen LogP contribution in [0.4, 0.5) is 4.79 Å². The molecule has 3 aromatic carbocycles. The predicted octanol–water partition coefficient (Wildman–Crippen LogP) is 3.40. The SMILES string of the molecule is C=CCN1CC(=O)N2C(Cc3ccc(O)cc3)C(=O)N(Cc3cn(S(=O)(=O)c4ccc(C)cc4)c4ccccc34)CC2N1C(=O)O. The van der Waals surface area contributed by atoms with E-state index < -0.39 is 40.1 Å². The number of phenols is 1. The van der Waals surface area contributed by atoms with Crippen molar-refractivity contribution in [3.05, 3.63) is 108 Å². The van der Waals surface area contributed by atoms with E-state index in [0.29, 0.717) is 22.0 Å². The van der Waals surface area contributed by atoms with E-state index in [1.807, 2.05) is 6.92 Å². The topological polar surface area (TPSA) is 144 Å². The number of hydrogen-bond acceptors (Lipinski definition) is 7. The summed E-state index contributed by atoms with van der Waals surface area (Å²) in [4.78, 5) is 43.3. The number of aromatic nitrogens is 1. The van der Waals surface area contributed by atoms with Crippen molar-refractivity contribution in [2.45, 2.75) is 37.0 Å². The first-order valence-electron chi connectivity index (χ1n) is 14.7. The van der Waals surface area contributed by atoms with Crippen LogP contribution >= 0.6 is 0 Å². The molecule has 3 amide bonds. The number of carboxylic acid groups (broad SMARTS) is 1. The summed E-state index contributed by atoms with van der Waals surface area (Å²) in [5, 5.41) is 23.1. The molecule has 2 saturated heterocycles. The minimum absolute atomic E-state index is 0.0325. The van der Waals surface area contributed by atoms with Gasteiger partial charge >= 0.3 is 6.09 Å². The van der Waals surface area contributed by atoms with Crippen LogP contribution in [0, 0.1) is 6.92 Å². The van der Waals surface area contributed by atoms with Gasteiger partial charge in [0.2, 0.25) is 11.8 Å². The summed E-state index contributed by atoms with van der Waals surface area (Å²) in [5.74, 6) is -0.762. The van der Waals surface area contributed by atoms with Crippen molar-refractivity contribution in [3.63, 3.8) is 0 Å². The molecule has 0 bridgehead atoms. The summed E-state index contributed by atoms with van der Waals surface area (Å²) < 4.78 is 28.8. The van der Waals surface area contributed by atoms with Gasteiger partial charge in [-0.15, -0.1) is 6.58 Å². The van der Waals surface area contributed by atoms with Crippen LogP contribution in [-0.2, 0) is 32.6 Å². The first-order valence-corrected chi connectivity index (χ1v) is 16.1. The Kier molecular flexibility index (Phi) is 8.04. The fourth-order valence-electron chi connectivity index (χ4n) is 6.26. The third kappa shape index (κ3) is 5.48. The molecule has 238 valence electrons. The molecule has 12 nitrogen and oxygen atoms in total. The molecule has 2 aliphatic rings. The van der Waals surface area contributed by atoms with Gasteiger partial charge in [-0.2, -0.15) is 0 Å². The molecule has 13 heteroatoms. The lowest BCUT2D eigenvalue weighted by Gasteiger charge is -2.54. The normalized spacial score (nSPS) is 19.0. The second kappa shape index (κ2) is 12.0. The molecular formula is C33H33N5O7S. The lowest BCUT2D eigenvalue weighted by Crippen LogP contribution is -2.75. The Labute approximate surface area is 266 Å². The second-order valence-corrected chi connectivity index (χ2v) is 13.3. The summed E-state index contributed by atoms with van der Waals surface area (Å²) in [6.07, 6.45) is 0.753. The standard InChI is InChI=1S/C33H33N5O7S/c1-3-16-35-21-31(40)37-29(17-23-10-12-25(39)13-11-23)32(41)34(20-30(37)38(35)33(42)43)18-24-19-36(28-7-5-4-6-27(24)28)46(44,45)26-14-8-22(2)9-15-26/h3-15,19,29-30,39H,1,16-18,20-21H2,2H3,(H,42,43). The maximum Gasteiger partial charge on any atom is 0.424 e. The Bertz CT molecular complexity index is 1940. The maximum absolute atomic E-state index is 14.2. The van der Waals surface area contributed by atoms with Crippen molar-refractivity contribution in [3.8, 4) is 5.75 Å². The number of para-hydroxylation sites is 1. The van der Waals surface area contributed by atoms with Gasteiger partial charge in [0.05, 0.1) is 23.5 Å². The van der Waals surface area contributed by atoms with E-state index in [1.165, 1.54) is 43.2 Å². The third-order valence-corrected chi connectivity index (χ3v) is 10.1. The number of hydrazine groups is 1. The molecule has 2 unspecified atom stereocenters. The molecule has 2 N–H and O–H groups in total. The van der Waals surface area contributed by atoms with E-state index in [1.54, 1.807) is 60.7 Å². The largest absolute Gasteiger partial charge is 0.508 e. The Morgan fingerprint density at radius 2 is 1.72 bits per heavy atom. The summed E-state index contributed by atoms with van der Waals surface area (Å²) in [7, 11) is -3.99. The Morgan fingerprint density at radius 3 is 2.39 bits per heavy atom. The van der Waals surface area contributed by atoms with Gasteiger partial charge in [0, 0.05) is 31.1 Å². The molecule has 0 aliphatic carbocycles. The molecule has 0 spiro atoms. The van der Waals surface area contributed by atoms with Crippen LogP contribution in [0.1, 0.15) is 16.7 Å². The van der Waals surface area contributed by atoms with Gasteiger partial charge in [0.15, 0.2) is 0 Å². The first-order chi connectivity index (χ1) is 22.0. The number of aromatic hydroxyl groups is 1. The van der Waals surface area contributed by atoms with E-state index in [-0.39, 0.29) is 43.2 Å². The molecule has 0 radical (unpaired) electrons. The number of piperazine rings is 1. The van der Waals surface area contributed by atoms with Crippen LogP contribution in [-0.4, -0.2) is 92.2 Å². The fraction of sp³-hybridized carbons (Fsp3) is 0.242. The average molecular weight is 644 g/mol. The summed E-state index contributed by atoms with van der Waals surface area (Å²) in [6, 6.07) is 18.7. The monoisotopic (exact) mass is 643 g/mol. The van der Waals surface area contributed by atoms with Crippen LogP contribution < -0.4 is 0 Å². The highest BCUT2D eigenvalue weighted by atomic mass is 32.2. The molecule has 6 rings (SSSR count). The number of carbonyl (C=O) groups is 3. The van der Waals surface area contributed by atoms with Crippen molar-refractivity contribution in [2.75, 3.05) is 19.6 Å². The second-order valence-electron chi connectivity index (χ2n) is 11.4. The highest BCUT2D eigenvalue weighted by Gasteiger charge is 2.51. The number of carbonyl (C=O) groups excluding carboxylic acids is 2. The molecule has 1 aromatic heterocycles. The highest BCUT2D eigenvalue weighted by molar-refractivity contribution is 7.90. The van der Waals surface area contributed by atoms with E-state index in [2.05, 4.69) is 6.58 Å². The zero-order valence-corrected chi connectivity index (χ0v) is 25.9. The van der Waals surface area contributed by atoms with E-state index in [4.69, 9.17) is 0 Å². The van der Waals surface area contributed by atoms with Gasteiger partial charge < -0.3 is 20.0 Å². The maximum atomic E-state index is 14.2.